The van der Waals surface area contributed by atoms with Crippen LogP contribution in [-0.2, 0) is 16.0 Å². The van der Waals surface area contributed by atoms with Gasteiger partial charge in [-0.15, -0.1) is 24.0 Å². The number of rotatable bonds is 9. The van der Waals surface area contributed by atoms with Crippen LogP contribution in [0.15, 0.2) is 29.3 Å². The molecule has 0 spiro atoms. The second-order valence-corrected chi connectivity index (χ2v) is 8.67. The van der Waals surface area contributed by atoms with Crippen molar-refractivity contribution in [3.8, 4) is 0 Å². The molecule has 0 amide bonds. The number of piperidine rings is 1. The van der Waals surface area contributed by atoms with E-state index in [-0.39, 0.29) is 24.0 Å². The van der Waals surface area contributed by atoms with Crippen molar-refractivity contribution in [1.82, 2.24) is 10.2 Å². The van der Waals surface area contributed by atoms with Crippen LogP contribution in [-0.4, -0.2) is 70.5 Å². The molecule has 2 aliphatic heterocycles. The van der Waals surface area contributed by atoms with Crippen LogP contribution in [0.5, 0.6) is 0 Å². The van der Waals surface area contributed by atoms with E-state index in [1.54, 1.807) is 7.11 Å². The fourth-order valence-electron chi connectivity index (χ4n) is 4.22. The number of nitrogens with one attached hydrogen (secondary N) is 1. The number of aliphatic imine (C=N–C) groups is 1. The van der Waals surface area contributed by atoms with Crippen LogP contribution < -0.4 is 10.2 Å². The van der Waals surface area contributed by atoms with Gasteiger partial charge in [0.05, 0.1) is 26.4 Å². The SMILES string of the molecule is CCNC(=NCc1ccc(N2CCC(C)CC2)cc1)N1CCC(COCCOC)C1.I. The third-order valence-corrected chi connectivity index (χ3v) is 6.20. The van der Waals surface area contributed by atoms with Crippen molar-refractivity contribution in [2.75, 3.05) is 64.6 Å². The van der Waals surface area contributed by atoms with Crippen LogP contribution in [0.4, 0.5) is 5.69 Å². The van der Waals surface area contributed by atoms with Gasteiger partial charge < -0.3 is 24.6 Å². The van der Waals surface area contributed by atoms with Gasteiger partial charge in [-0.3, -0.25) is 0 Å². The van der Waals surface area contributed by atoms with Crippen LogP contribution in [0.3, 0.4) is 0 Å². The van der Waals surface area contributed by atoms with Gasteiger partial charge in [-0.05, 0) is 49.8 Å². The number of benzene rings is 1. The highest BCUT2D eigenvalue weighted by molar-refractivity contribution is 14.0. The standard InChI is InChI=1S/C24H40N4O2.HI/c1-4-25-24(28-14-11-22(18-28)19-30-16-15-29-3)26-17-21-5-7-23(8-6-21)27-12-9-20(2)10-13-27;/h5-8,20,22H,4,9-19H2,1-3H3,(H,25,26);1H. The fourth-order valence-corrected chi connectivity index (χ4v) is 4.22. The van der Waals surface area contributed by atoms with Crippen LogP contribution in [0.2, 0.25) is 0 Å². The summed E-state index contributed by atoms with van der Waals surface area (Å²) in [7, 11) is 1.71. The Morgan fingerprint density at radius 1 is 1.10 bits per heavy atom. The summed E-state index contributed by atoms with van der Waals surface area (Å²) in [5, 5.41) is 3.47. The highest BCUT2D eigenvalue weighted by Crippen LogP contribution is 2.23. The van der Waals surface area contributed by atoms with E-state index in [9.17, 15) is 0 Å². The lowest BCUT2D eigenvalue weighted by Crippen LogP contribution is -2.40. The van der Waals surface area contributed by atoms with E-state index in [0.29, 0.717) is 25.7 Å². The molecular weight excluding hydrogens is 503 g/mol. The van der Waals surface area contributed by atoms with Gasteiger partial charge in [0.1, 0.15) is 0 Å². The quantitative estimate of drug-likeness (QED) is 0.221. The van der Waals surface area contributed by atoms with Crippen LogP contribution in [0.1, 0.15) is 38.7 Å². The number of methoxy groups -OCH3 is 1. The van der Waals surface area contributed by atoms with Gasteiger partial charge in [-0.1, -0.05) is 19.1 Å². The summed E-state index contributed by atoms with van der Waals surface area (Å²) in [6.45, 7) is 12.6. The molecule has 2 fully saturated rings. The van der Waals surface area contributed by atoms with E-state index in [2.05, 4.69) is 53.2 Å². The summed E-state index contributed by atoms with van der Waals surface area (Å²) in [5.74, 6) is 2.45. The maximum absolute atomic E-state index is 5.73. The summed E-state index contributed by atoms with van der Waals surface area (Å²) in [4.78, 5) is 9.80. The first-order valence-corrected chi connectivity index (χ1v) is 11.6. The molecule has 7 heteroatoms. The van der Waals surface area contributed by atoms with Crippen LogP contribution in [0, 0.1) is 11.8 Å². The van der Waals surface area contributed by atoms with Gasteiger partial charge in [-0.25, -0.2) is 4.99 Å². The molecule has 6 nitrogen and oxygen atoms in total. The van der Waals surface area contributed by atoms with Crippen molar-refractivity contribution < 1.29 is 9.47 Å². The molecule has 2 aliphatic rings. The van der Waals surface area contributed by atoms with Crippen molar-refractivity contribution in [3.05, 3.63) is 29.8 Å². The predicted octanol–water partition coefficient (Wildman–Crippen LogP) is 3.99. The average molecular weight is 545 g/mol. The molecule has 0 aromatic heterocycles. The Bertz CT molecular complexity index is 647. The van der Waals surface area contributed by atoms with Gasteiger partial charge >= 0.3 is 0 Å². The minimum absolute atomic E-state index is 0. The van der Waals surface area contributed by atoms with E-state index < -0.39 is 0 Å². The first-order valence-electron chi connectivity index (χ1n) is 11.6. The van der Waals surface area contributed by atoms with Gasteiger partial charge in [-0.2, -0.15) is 0 Å². The molecule has 1 aromatic rings. The largest absolute Gasteiger partial charge is 0.382 e. The molecule has 1 N–H and O–H groups in total. The topological polar surface area (TPSA) is 49.3 Å². The first-order chi connectivity index (χ1) is 14.7. The van der Waals surface area contributed by atoms with Crippen molar-refractivity contribution in [2.24, 2.45) is 16.8 Å². The molecule has 1 unspecified atom stereocenters. The van der Waals surface area contributed by atoms with Crippen molar-refractivity contribution >= 4 is 35.6 Å². The molecule has 31 heavy (non-hydrogen) atoms. The Labute approximate surface area is 205 Å². The number of ether oxygens (including phenoxy) is 2. The molecular formula is C24H41IN4O2. The fraction of sp³-hybridized carbons (Fsp3) is 0.708. The molecule has 0 aliphatic carbocycles. The molecule has 0 bridgehead atoms. The van der Waals surface area contributed by atoms with Crippen LogP contribution in [0.25, 0.3) is 0 Å². The zero-order chi connectivity index (χ0) is 21.2. The van der Waals surface area contributed by atoms with Crippen molar-refractivity contribution in [2.45, 2.75) is 39.7 Å². The number of guanidine groups is 1. The van der Waals surface area contributed by atoms with E-state index in [1.807, 2.05) is 0 Å². The first kappa shape index (κ1) is 26.2. The van der Waals surface area contributed by atoms with E-state index in [0.717, 1.165) is 44.5 Å². The molecule has 0 radical (unpaired) electrons. The summed E-state index contributed by atoms with van der Waals surface area (Å²) in [6.07, 6.45) is 3.75. The summed E-state index contributed by atoms with van der Waals surface area (Å²) in [5.41, 5.74) is 2.61. The van der Waals surface area contributed by atoms with E-state index in [1.165, 1.54) is 37.2 Å². The minimum Gasteiger partial charge on any atom is -0.382 e. The normalized spacial score (nSPS) is 20.1. The number of anilines is 1. The lowest BCUT2D eigenvalue weighted by molar-refractivity contribution is 0.0536. The lowest BCUT2D eigenvalue weighted by atomic mass is 9.99. The van der Waals surface area contributed by atoms with E-state index in [4.69, 9.17) is 14.5 Å². The van der Waals surface area contributed by atoms with Crippen LogP contribution >= 0.6 is 24.0 Å². The number of halogens is 1. The van der Waals surface area contributed by atoms with Gasteiger partial charge in [0.2, 0.25) is 0 Å². The minimum atomic E-state index is 0. The Morgan fingerprint density at radius 2 is 1.84 bits per heavy atom. The predicted molar refractivity (Wildman–Crippen MR) is 140 cm³/mol. The maximum atomic E-state index is 5.73. The second-order valence-electron chi connectivity index (χ2n) is 8.67. The van der Waals surface area contributed by atoms with Gasteiger partial charge in [0, 0.05) is 51.4 Å². The Morgan fingerprint density at radius 3 is 2.52 bits per heavy atom. The zero-order valence-electron chi connectivity index (χ0n) is 19.5. The highest BCUT2D eigenvalue weighted by Gasteiger charge is 2.25. The Hall–Kier alpha value is -1.06. The third-order valence-electron chi connectivity index (χ3n) is 6.20. The molecule has 176 valence electrons. The monoisotopic (exact) mass is 544 g/mol. The number of nitrogens with zero attached hydrogens (tertiary/aromatic N) is 3. The Kier molecular flexibility index (Phi) is 12.0. The zero-order valence-corrected chi connectivity index (χ0v) is 21.8. The Balaban J connectivity index is 0.00000341. The summed E-state index contributed by atoms with van der Waals surface area (Å²) < 4.78 is 10.8. The average Bonchev–Trinajstić information content (AvgIpc) is 3.24. The highest BCUT2D eigenvalue weighted by atomic mass is 127. The smallest absolute Gasteiger partial charge is 0.194 e. The maximum Gasteiger partial charge on any atom is 0.194 e. The van der Waals surface area contributed by atoms with Crippen molar-refractivity contribution in [1.29, 1.82) is 0 Å². The number of hydrogen-bond acceptors (Lipinski definition) is 4. The lowest BCUT2D eigenvalue weighted by Gasteiger charge is -2.32. The van der Waals surface area contributed by atoms with Gasteiger partial charge in [0.25, 0.3) is 0 Å². The third kappa shape index (κ3) is 8.42. The van der Waals surface area contributed by atoms with E-state index >= 15 is 0 Å². The molecule has 2 heterocycles. The van der Waals surface area contributed by atoms with Crippen molar-refractivity contribution in [3.63, 3.8) is 0 Å². The number of hydrogen-bond donors (Lipinski definition) is 1. The second kappa shape index (κ2) is 14.2. The molecule has 0 saturated carbocycles. The number of likely N-dealkylation sites (tertiary alicyclic amines) is 1. The van der Waals surface area contributed by atoms with Gasteiger partial charge in [0.15, 0.2) is 5.96 Å². The molecule has 3 rings (SSSR count). The molecule has 1 aromatic carbocycles. The summed E-state index contributed by atoms with van der Waals surface area (Å²) >= 11 is 0. The molecule has 2 saturated heterocycles. The summed E-state index contributed by atoms with van der Waals surface area (Å²) in [6, 6.07) is 8.99. The molecule has 1 atom stereocenters.